The smallest absolute Gasteiger partial charge is 0.193 e. The number of aryl methyl sites for hydroxylation is 3. The van der Waals surface area contributed by atoms with E-state index in [0.717, 1.165) is 16.7 Å². The molecule has 0 bridgehead atoms. The van der Waals surface area contributed by atoms with E-state index in [4.69, 9.17) is 5.73 Å². The van der Waals surface area contributed by atoms with Gasteiger partial charge in [0.1, 0.15) is 0 Å². The summed E-state index contributed by atoms with van der Waals surface area (Å²) < 4.78 is 0. The second kappa shape index (κ2) is 4.65. The third-order valence-corrected chi connectivity index (χ3v) is 3.17. The summed E-state index contributed by atoms with van der Waals surface area (Å²) in [5.74, 6) is 0.0270. The highest BCUT2D eigenvalue weighted by Crippen LogP contribution is 2.21. The Bertz CT molecular complexity index is 597. The van der Waals surface area contributed by atoms with Gasteiger partial charge in [-0.2, -0.15) is 0 Å². The third-order valence-electron chi connectivity index (χ3n) is 3.17. The van der Waals surface area contributed by atoms with Gasteiger partial charge in [-0.15, -0.1) is 0 Å². The predicted octanol–water partition coefficient (Wildman–Crippen LogP) is 3.43. The van der Waals surface area contributed by atoms with E-state index in [0.29, 0.717) is 16.8 Å². The Hall–Kier alpha value is -2.09. The predicted molar refractivity (Wildman–Crippen MR) is 74.9 cm³/mol. The first kappa shape index (κ1) is 12.4. The summed E-state index contributed by atoms with van der Waals surface area (Å²) in [5, 5.41) is 0. The number of carbonyl (C=O) groups is 1. The van der Waals surface area contributed by atoms with E-state index in [1.165, 1.54) is 0 Å². The van der Waals surface area contributed by atoms with E-state index < -0.39 is 0 Å². The minimum absolute atomic E-state index is 0.0270. The zero-order valence-corrected chi connectivity index (χ0v) is 10.9. The van der Waals surface area contributed by atoms with Gasteiger partial charge in [0.15, 0.2) is 5.78 Å². The minimum Gasteiger partial charge on any atom is -0.398 e. The number of hydrogen-bond acceptors (Lipinski definition) is 2. The van der Waals surface area contributed by atoms with Crippen LogP contribution in [0, 0.1) is 20.8 Å². The van der Waals surface area contributed by atoms with Crippen molar-refractivity contribution in [2.45, 2.75) is 20.8 Å². The largest absolute Gasteiger partial charge is 0.398 e. The zero-order chi connectivity index (χ0) is 13.3. The summed E-state index contributed by atoms with van der Waals surface area (Å²) in [6.07, 6.45) is 0. The Morgan fingerprint density at radius 2 is 1.56 bits per heavy atom. The average Bonchev–Trinajstić information content (AvgIpc) is 2.34. The van der Waals surface area contributed by atoms with E-state index in [2.05, 4.69) is 0 Å². The van der Waals surface area contributed by atoms with Gasteiger partial charge < -0.3 is 5.73 Å². The lowest BCUT2D eigenvalue weighted by Crippen LogP contribution is -2.05. The number of anilines is 1. The van der Waals surface area contributed by atoms with Gasteiger partial charge in [0.05, 0.1) is 0 Å². The maximum absolute atomic E-state index is 12.4. The molecule has 0 radical (unpaired) electrons. The maximum Gasteiger partial charge on any atom is 0.193 e. The van der Waals surface area contributed by atoms with Crippen LogP contribution in [0.4, 0.5) is 5.69 Å². The fourth-order valence-corrected chi connectivity index (χ4v) is 1.97. The molecule has 2 aromatic carbocycles. The standard InChI is InChI=1S/C16H17NO/c1-10-4-6-13(7-5-10)16(18)14-9-15(17)12(3)8-11(14)2/h4-9H,17H2,1-3H3. The number of hydrogen-bond donors (Lipinski definition) is 1. The van der Waals surface area contributed by atoms with Crippen LogP contribution >= 0.6 is 0 Å². The van der Waals surface area contributed by atoms with Crippen molar-refractivity contribution < 1.29 is 4.79 Å². The van der Waals surface area contributed by atoms with Gasteiger partial charge in [-0.1, -0.05) is 35.9 Å². The number of carbonyl (C=O) groups excluding carboxylic acids is 1. The van der Waals surface area contributed by atoms with Crippen LogP contribution in [0.25, 0.3) is 0 Å². The molecule has 0 spiro atoms. The van der Waals surface area contributed by atoms with Crippen LogP contribution in [0.1, 0.15) is 32.6 Å². The topological polar surface area (TPSA) is 43.1 Å². The van der Waals surface area contributed by atoms with Crippen molar-refractivity contribution in [3.8, 4) is 0 Å². The molecule has 0 aliphatic carbocycles. The Kier molecular flexibility index (Phi) is 3.19. The molecular formula is C16H17NO. The van der Waals surface area contributed by atoms with Crippen molar-refractivity contribution in [1.29, 1.82) is 0 Å². The van der Waals surface area contributed by atoms with Crippen LogP contribution in [0.15, 0.2) is 36.4 Å². The van der Waals surface area contributed by atoms with E-state index in [-0.39, 0.29) is 5.78 Å². The molecular weight excluding hydrogens is 222 g/mol. The number of rotatable bonds is 2. The molecule has 92 valence electrons. The maximum atomic E-state index is 12.4. The van der Waals surface area contributed by atoms with E-state index >= 15 is 0 Å². The first-order valence-electron chi connectivity index (χ1n) is 5.97. The number of nitrogen functional groups attached to an aromatic ring is 1. The minimum atomic E-state index is 0.0270. The van der Waals surface area contributed by atoms with Crippen LogP contribution < -0.4 is 5.73 Å². The first-order valence-corrected chi connectivity index (χ1v) is 5.97. The number of ketones is 1. The van der Waals surface area contributed by atoms with Crippen molar-refractivity contribution in [2.24, 2.45) is 0 Å². The fraction of sp³-hybridized carbons (Fsp3) is 0.188. The summed E-state index contributed by atoms with van der Waals surface area (Å²) in [5.41, 5.74) is 11.0. The van der Waals surface area contributed by atoms with Crippen molar-refractivity contribution in [3.63, 3.8) is 0 Å². The van der Waals surface area contributed by atoms with Gasteiger partial charge in [0, 0.05) is 16.8 Å². The van der Waals surface area contributed by atoms with Gasteiger partial charge in [0.2, 0.25) is 0 Å². The van der Waals surface area contributed by atoms with Crippen molar-refractivity contribution >= 4 is 11.5 Å². The van der Waals surface area contributed by atoms with Gasteiger partial charge >= 0.3 is 0 Å². The summed E-state index contributed by atoms with van der Waals surface area (Å²) >= 11 is 0. The molecule has 0 saturated heterocycles. The molecule has 0 aliphatic heterocycles. The first-order chi connectivity index (χ1) is 8.49. The summed E-state index contributed by atoms with van der Waals surface area (Å²) in [6.45, 7) is 5.89. The Balaban J connectivity index is 2.46. The Morgan fingerprint density at radius 3 is 2.17 bits per heavy atom. The van der Waals surface area contributed by atoms with Crippen LogP contribution in [0.3, 0.4) is 0 Å². The van der Waals surface area contributed by atoms with Crippen molar-refractivity contribution in [3.05, 3.63) is 64.2 Å². The van der Waals surface area contributed by atoms with E-state index in [9.17, 15) is 4.79 Å². The summed E-state index contributed by atoms with van der Waals surface area (Å²) in [4.78, 5) is 12.4. The molecule has 0 heterocycles. The van der Waals surface area contributed by atoms with Crippen LogP contribution in [0.5, 0.6) is 0 Å². The molecule has 0 unspecified atom stereocenters. The highest BCUT2D eigenvalue weighted by molar-refractivity contribution is 6.10. The van der Waals surface area contributed by atoms with E-state index in [1.807, 2.05) is 51.1 Å². The number of benzene rings is 2. The molecule has 0 fully saturated rings. The summed E-state index contributed by atoms with van der Waals surface area (Å²) in [7, 11) is 0. The Morgan fingerprint density at radius 1 is 0.944 bits per heavy atom. The van der Waals surface area contributed by atoms with Crippen LogP contribution in [-0.2, 0) is 0 Å². The van der Waals surface area contributed by atoms with Crippen LogP contribution in [0.2, 0.25) is 0 Å². The molecule has 0 aliphatic rings. The molecule has 0 saturated carbocycles. The SMILES string of the molecule is Cc1ccc(C(=O)c2cc(N)c(C)cc2C)cc1. The monoisotopic (exact) mass is 239 g/mol. The second-order valence-corrected chi connectivity index (χ2v) is 4.72. The van der Waals surface area contributed by atoms with Gasteiger partial charge in [-0.3, -0.25) is 4.79 Å². The fourth-order valence-electron chi connectivity index (χ4n) is 1.97. The van der Waals surface area contributed by atoms with Crippen molar-refractivity contribution in [2.75, 3.05) is 5.73 Å². The quantitative estimate of drug-likeness (QED) is 0.644. The molecule has 2 rings (SSSR count). The Labute approximate surface area is 107 Å². The molecule has 0 amide bonds. The normalized spacial score (nSPS) is 10.4. The lowest BCUT2D eigenvalue weighted by atomic mass is 9.96. The molecule has 2 N–H and O–H groups in total. The second-order valence-electron chi connectivity index (χ2n) is 4.72. The highest BCUT2D eigenvalue weighted by Gasteiger charge is 2.12. The molecule has 2 aromatic rings. The van der Waals surface area contributed by atoms with E-state index in [1.54, 1.807) is 6.07 Å². The van der Waals surface area contributed by atoms with Crippen molar-refractivity contribution in [1.82, 2.24) is 0 Å². The third kappa shape index (κ3) is 2.28. The lowest BCUT2D eigenvalue weighted by Gasteiger charge is -2.09. The van der Waals surface area contributed by atoms with Gasteiger partial charge in [-0.25, -0.2) is 0 Å². The molecule has 2 nitrogen and oxygen atoms in total. The van der Waals surface area contributed by atoms with Gasteiger partial charge in [-0.05, 0) is 38.0 Å². The highest BCUT2D eigenvalue weighted by atomic mass is 16.1. The van der Waals surface area contributed by atoms with Gasteiger partial charge in [0.25, 0.3) is 0 Å². The molecule has 0 atom stereocenters. The molecule has 2 heteroatoms. The lowest BCUT2D eigenvalue weighted by molar-refractivity contribution is 0.103. The summed E-state index contributed by atoms with van der Waals surface area (Å²) in [6, 6.07) is 11.3. The molecule has 18 heavy (non-hydrogen) atoms. The number of nitrogens with two attached hydrogens (primary N) is 1. The average molecular weight is 239 g/mol. The molecule has 0 aromatic heterocycles. The zero-order valence-electron chi connectivity index (χ0n) is 10.9. The van der Waals surface area contributed by atoms with Crippen LogP contribution in [-0.4, -0.2) is 5.78 Å².